The quantitative estimate of drug-likeness (QED) is 0.654. The van der Waals surface area contributed by atoms with Gasteiger partial charge in [0.1, 0.15) is 12.2 Å². The van der Waals surface area contributed by atoms with Gasteiger partial charge >= 0.3 is 0 Å². The summed E-state index contributed by atoms with van der Waals surface area (Å²) in [5, 5.41) is 11.4. The molecule has 2 aliphatic rings. The van der Waals surface area contributed by atoms with Gasteiger partial charge in [-0.2, -0.15) is 5.10 Å². The molecule has 0 bridgehead atoms. The van der Waals surface area contributed by atoms with Crippen LogP contribution in [0.1, 0.15) is 42.5 Å². The minimum Gasteiger partial charge on any atom is -0.353 e. The van der Waals surface area contributed by atoms with Gasteiger partial charge in [0.15, 0.2) is 5.96 Å². The summed E-state index contributed by atoms with van der Waals surface area (Å²) in [5.41, 5.74) is 1.31. The van der Waals surface area contributed by atoms with E-state index < -0.39 is 0 Å². The lowest BCUT2D eigenvalue weighted by Gasteiger charge is -2.33. The van der Waals surface area contributed by atoms with E-state index in [1.807, 2.05) is 19.2 Å². The fourth-order valence-electron chi connectivity index (χ4n) is 3.70. The van der Waals surface area contributed by atoms with Crippen molar-refractivity contribution in [1.82, 2.24) is 25.4 Å². The molecule has 0 spiro atoms. The number of piperidine rings is 1. The largest absolute Gasteiger partial charge is 0.353 e. The zero-order valence-corrected chi connectivity index (χ0v) is 15.1. The van der Waals surface area contributed by atoms with Crippen molar-refractivity contribution >= 4 is 17.6 Å². The maximum Gasteiger partial charge on any atom is 0.193 e. The fraction of sp³-hybridized carbons (Fsp3) is 0.500. The second-order valence-electron chi connectivity index (χ2n) is 6.83. The minimum atomic E-state index is 0.448. The molecule has 1 aromatic heterocycles. The lowest BCUT2D eigenvalue weighted by molar-refractivity contribution is 0.298. The molecule has 2 N–H and O–H groups in total. The first-order chi connectivity index (χ1) is 12.2. The molecular formula is C18H23ClN6. The molecule has 25 heavy (non-hydrogen) atoms. The average Bonchev–Trinajstić information content (AvgIpc) is 3.19. The van der Waals surface area contributed by atoms with E-state index in [0.29, 0.717) is 17.9 Å². The molecule has 2 fully saturated rings. The number of nitrogens with zero attached hydrogens (tertiary/aromatic N) is 4. The Morgan fingerprint density at radius 1 is 1.36 bits per heavy atom. The summed E-state index contributed by atoms with van der Waals surface area (Å²) in [7, 11) is 1.86. The van der Waals surface area contributed by atoms with Crippen LogP contribution in [-0.4, -0.2) is 52.2 Å². The predicted octanol–water partition coefficient (Wildman–Crippen LogP) is 2.77. The predicted molar refractivity (Wildman–Crippen MR) is 99.0 cm³/mol. The summed E-state index contributed by atoms with van der Waals surface area (Å²) in [6.07, 6.45) is 4.86. The van der Waals surface area contributed by atoms with E-state index in [2.05, 4.69) is 42.5 Å². The van der Waals surface area contributed by atoms with Crippen LogP contribution in [0, 0.1) is 0 Å². The molecule has 0 radical (unpaired) electrons. The Kier molecular flexibility index (Phi) is 4.61. The second kappa shape index (κ2) is 7.04. The smallest absolute Gasteiger partial charge is 0.193 e. The number of H-pyrrole nitrogens is 1. The maximum atomic E-state index is 6.11. The van der Waals surface area contributed by atoms with Crippen LogP contribution in [0.4, 0.5) is 0 Å². The van der Waals surface area contributed by atoms with Crippen molar-refractivity contribution in [2.45, 2.75) is 37.1 Å². The van der Waals surface area contributed by atoms with Gasteiger partial charge in [0, 0.05) is 43.0 Å². The molecular weight excluding hydrogens is 336 g/mol. The minimum absolute atomic E-state index is 0.448. The first-order valence-electron chi connectivity index (χ1n) is 8.83. The number of aromatic amines is 1. The Labute approximate surface area is 152 Å². The normalized spacial score (nSPS) is 24.4. The Morgan fingerprint density at radius 3 is 2.88 bits per heavy atom. The number of likely N-dealkylation sites (tertiary alicyclic amines) is 1. The number of guanidine groups is 1. The molecule has 7 heteroatoms. The van der Waals surface area contributed by atoms with Gasteiger partial charge in [0.25, 0.3) is 0 Å². The highest BCUT2D eigenvalue weighted by Crippen LogP contribution is 2.41. The van der Waals surface area contributed by atoms with Crippen molar-refractivity contribution in [2.75, 3.05) is 20.1 Å². The molecule has 1 aromatic carbocycles. The van der Waals surface area contributed by atoms with Crippen molar-refractivity contribution in [3.05, 3.63) is 47.0 Å². The molecule has 1 aliphatic heterocycles. The van der Waals surface area contributed by atoms with Gasteiger partial charge in [-0.15, -0.1) is 0 Å². The SMILES string of the molecule is CN=C(NC1CC1c1cccc(Cl)c1)N1CCC(c2ncn[nH]2)CC1. The summed E-state index contributed by atoms with van der Waals surface area (Å²) >= 11 is 6.11. The Hall–Kier alpha value is -2.08. The topological polar surface area (TPSA) is 69.2 Å². The van der Waals surface area contributed by atoms with Gasteiger partial charge < -0.3 is 10.2 Å². The van der Waals surface area contributed by atoms with Gasteiger partial charge in [0.2, 0.25) is 0 Å². The van der Waals surface area contributed by atoms with E-state index in [9.17, 15) is 0 Å². The fourth-order valence-corrected chi connectivity index (χ4v) is 3.90. The number of aromatic nitrogens is 3. The molecule has 1 saturated carbocycles. The van der Waals surface area contributed by atoms with E-state index in [0.717, 1.165) is 49.2 Å². The van der Waals surface area contributed by atoms with Crippen LogP contribution in [0.25, 0.3) is 0 Å². The molecule has 2 aromatic rings. The third kappa shape index (κ3) is 3.63. The van der Waals surface area contributed by atoms with E-state index in [1.165, 1.54) is 5.56 Å². The van der Waals surface area contributed by atoms with E-state index in [4.69, 9.17) is 11.6 Å². The molecule has 1 aliphatic carbocycles. The van der Waals surface area contributed by atoms with Gasteiger partial charge in [-0.3, -0.25) is 10.1 Å². The number of benzene rings is 1. The summed E-state index contributed by atoms with van der Waals surface area (Å²) in [4.78, 5) is 11.1. The van der Waals surface area contributed by atoms with Gasteiger partial charge in [-0.1, -0.05) is 23.7 Å². The van der Waals surface area contributed by atoms with E-state index >= 15 is 0 Å². The summed E-state index contributed by atoms with van der Waals surface area (Å²) in [6, 6.07) is 8.62. The molecule has 6 nitrogen and oxygen atoms in total. The van der Waals surface area contributed by atoms with Crippen molar-refractivity contribution < 1.29 is 0 Å². The molecule has 132 valence electrons. The first-order valence-corrected chi connectivity index (χ1v) is 9.21. The Morgan fingerprint density at radius 2 is 2.20 bits per heavy atom. The maximum absolute atomic E-state index is 6.11. The summed E-state index contributed by atoms with van der Waals surface area (Å²) in [6.45, 7) is 1.97. The molecule has 2 atom stereocenters. The van der Waals surface area contributed by atoms with Crippen molar-refractivity contribution in [3.8, 4) is 0 Å². The number of halogens is 1. The third-order valence-corrected chi connectivity index (χ3v) is 5.44. The summed E-state index contributed by atoms with van der Waals surface area (Å²) in [5.74, 6) is 3.01. The van der Waals surface area contributed by atoms with Crippen LogP contribution in [0.2, 0.25) is 5.02 Å². The van der Waals surface area contributed by atoms with Gasteiger partial charge in [-0.25, -0.2) is 4.98 Å². The van der Waals surface area contributed by atoms with Crippen molar-refractivity contribution in [1.29, 1.82) is 0 Å². The highest BCUT2D eigenvalue weighted by atomic mass is 35.5. The zero-order valence-electron chi connectivity index (χ0n) is 14.3. The molecule has 2 heterocycles. The van der Waals surface area contributed by atoms with Crippen LogP contribution in [0.3, 0.4) is 0 Å². The number of hydrogen-bond acceptors (Lipinski definition) is 3. The third-order valence-electron chi connectivity index (χ3n) is 5.21. The number of aliphatic imine (C=N–C) groups is 1. The lowest BCUT2D eigenvalue weighted by atomic mass is 9.96. The Bertz CT molecular complexity index is 736. The van der Waals surface area contributed by atoms with Crippen LogP contribution < -0.4 is 5.32 Å². The molecule has 2 unspecified atom stereocenters. The number of rotatable bonds is 3. The van der Waals surface area contributed by atoms with Crippen LogP contribution in [0.5, 0.6) is 0 Å². The number of nitrogens with one attached hydrogen (secondary N) is 2. The van der Waals surface area contributed by atoms with E-state index in [1.54, 1.807) is 6.33 Å². The summed E-state index contributed by atoms with van der Waals surface area (Å²) < 4.78 is 0. The monoisotopic (exact) mass is 358 g/mol. The van der Waals surface area contributed by atoms with Gasteiger partial charge in [-0.05, 0) is 37.0 Å². The molecule has 1 saturated heterocycles. The molecule has 0 amide bonds. The van der Waals surface area contributed by atoms with Gasteiger partial charge in [0.05, 0.1) is 0 Å². The van der Waals surface area contributed by atoms with E-state index in [-0.39, 0.29) is 0 Å². The molecule has 4 rings (SSSR count). The highest BCUT2D eigenvalue weighted by molar-refractivity contribution is 6.30. The van der Waals surface area contributed by atoms with Crippen molar-refractivity contribution in [3.63, 3.8) is 0 Å². The zero-order chi connectivity index (χ0) is 17.2. The average molecular weight is 359 g/mol. The van der Waals surface area contributed by atoms with Crippen LogP contribution in [-0.2, 0) is 0 Å². The van der Waals surface area contributed by atoms with Crippen LogP contribution >= 0.6 is 11.6 Å². The number of hydrogen-bond donors (Lipinski definition) is 2. The Balaban J connectivity index is 1.32. The highest BCUT2D eigenvalue weighted by Gasteiger charge is 2.40. The standard InChI is InChI=1S/C18H23ClN6/c1-20-18(23-16-10-15(16)13-3-2-4-14(19)9-13)25-7-5-12(6-8-25)17-21-11-22-24-17/h2-4,9,11-12,15-16H,5-8,10H2,1H3,(H,20,23)(H,21,22,24). The first kappa shape index (κ1) is 16.4. The second-order valence-corrected chi connectivity index (χ2v) is 7.26. The lowest BCUT2D eigenvalue weighted by Crippen LogP contribution is -2.46. The van der Waals surface area contributed by atoms with Crippen molar-refractivity contribution in [2.24, 2.45) is 4.99 Å². The van der Waals surface area contributed by atoms with Crippen LogP contribution in [0.15, 0.2) is 35.6 Å².